The minimum absolute atomic E-state index is 0.0926. The first kappa shape index (κ1) is 17.6. The van der Waals surface area contributed by atoms with Crippen molar-refractivity contribution >= 4 is 23.2 Å². The lowest BCUT2D eigenvalue weighted by atomic mass is 10.1. The van der Waals surface area contributed by atoms with E-state index in [1.165, 1.54) is 29.1 Å². The molecule has 0 radical (unpaired) electrons. The van der Waals surface area contributed by atoms with E-state index < -0.39 is 17.6 Å². The average molecular weight is 370 g/mol. The first-order chi connectivity index (χ1) is 12.9. The van der Waals surface area contributed by atoms with Crippen molar-refractivity contribution in [1.82, 2.24) is 0 Å². The predicted octanol–water partition coefficient (Wildman–Crippen LogP) is 3.47. The molecule has 2 aromatic carbocycles. The maximum absolute atomic E-state index is 13.5. The number of hydrogen-bond acceptors (Lipinski definition) is 2. The van der Waals surface area contributed by atoms with Crippen LogP contribution in [0.15, 0.2) is 36.4 Å². The van der Waals surface area contributed by atoms with Gasteiger partial charge in [-0.1, -0.05) is 6.07 Å². The number of carbonyl (C=O) groups is 2. The molecule has 1 heterocycles. The normalized spacial score (nSPS) is 18.7. The van der Waals surface area contributed by atoms with Gasteiger partial charge in [-0.05, 0) is 54.7 Å². The SMILES string of the molecule is CN(C(=O)[C@@H]1CC(=O)N(c2ccc3c(c2)CCC3)C1)c1ccc(F)c(F)c1. The Morgan fingerprint density at radius 3 is 2.63 bits per heavy atom. The highest BCUT2D eigenvalue weighted by Crippen LogP contribution is 2.31. The molecule has 1 atom stereocenters. The van der Waals surface area contributed by atoms with Crippen LogP contribution in [-0.4, -0.2) is 25.4 Å². The number of rotatable bonds is 3. The Bertz CT molecular complexity index is 928. The second kappa shape index (κ2) is 6.76. The molecule has 4 rings (SSSR count). The molecule has 0 bridgehead atoms. The quantitative estimate of drug-likeness (QED) is 0.830. The minimum Gasteiger partial charge on any atom is -0.315 e. The van der Waals surface area contributed by atoms with Crippen molar-refractivity contribution in [2.75, 3.05) is 23.4 Å². The van der Waals surface area contributed by atoms with Gasteiger partial charge in [0.05, 0.1) is 5.92 Å². The first-order valence-electron chi connectivity index (χ1n) is 9.09. The molecular weight excluding hydrogens is 350 g/mol. The largest absolute Gasteiger partial charge is 0.315 e. The monoisotopic (exact) mass is 370 g/mol. The summed E-state index contributed by atoms with van der Waals surface area (Å²) >= 11 is 0. The van der Waals surface area contributed by atoms with Gasteiger partial charge in [0.2, 0.25) is 11.8 Å². The number of hydrogen-bond donors (Lipinski definition) is 0. The van der Waals surface area contributed by atoms with Gasteiger partial charge in [-0.15, -0.1) is 0 Å². The minimum atomic E-state index is -1.01. The van der Waals surface area contributed by atoms with Crippen LogP contribution >= 0.6 is 0 Å². The number of nitrogens with zero attached hydrogens (tertiary/aromatic N) is 2. The number of anilines is 2. The van der Waals surface area contributed by atoms with Gasteiger partial charge >= 0.3 is 0 Å². The lowest BCUT2D eigenvalue weighted by molar-refractivity contribution is -0.124. The third-order valence-corrected chi connectivity index (χ3v) is 5.49. The van der Waals surface area contributed by atoms with Gasteiger partial charge in [0.25, 0.3) is 0 Å². The Morgan fingerprint density at radius 2 is 1.85 bits per heavy atom. The van der Waals surface area contributed by atoms with Crippen LogP contribution in [0.3, 0.4) is 0 Å². The molecule has 0 saturated carbocycles. The van der Waals surface area contributed by atoms with E-state index >= 15 is 0 Å². The van der Waals surface area contributed by atoms with Gasteiger partial charge in [0.1, 0.15) is 0 Å². The maximum atomic E-state index is 13.5. The molecule has 4 nitrogen and oxygen atoms in total. The number of fused-ring (bicyclic) bond motifs is 1. The number of aryl methyl sites for hydroxylation is 2. The van der Waals surface area contributed by atoms with Gasteiger partial charge in [-0.3, -0.25) is 9.59 Å². The van der Waals surface area contributed by atoms with E-state index in [1.54, 1.807) is 4.90 Å². The fourth-order valence-electron chi connectivity index (χ4n) is 3.94. The highest BCUT2D eigenvalue weighted by Gasteiger charge is 2.37. The summed E-state index contributed by atoms with van der Waals surface area (Å²) in [6, 6.07) is 9.38. The number of carbonyl (C=O) groups excluding carboxylic acids is 2. The fraction of sp³-hybridized carbons (Fsp3) is 0.333. The van der Waals surface area contributed by atoms with Crippen LogP contribution in [0.25, 0.3) is 0 Å². The van der Waals surface area contributed by atoms with Gasteiger partial charge in [-0.2, -0.15) is 0 Å². The topological polar surface area (TPSA) is 40.6 Å². The average Bonchev–Trinajstić information content (AvgIpc) is 3.28. The second-order valence-corrected chi connectivity index (χ2v) is 7.21. The molecule has 6 heteroatoms. The second-order valence-electron chi connectivity index (χ2n) is 7.21. The summed E-state index contributed by atoms with van der Waals surface area (Å²) in [5.41, 5.74) is 3.69. The fourth-order valence-corrected chi connectivity index (χ4v) is 3.94. The molecule has 1 aliphatic carbocycles. The third-order valence-electron chi connectivity index (χ3n) is 5.49. The van der Waals surface area contributed by atoms with Crippen LogP contribution in [0.2, 0.25) is 0 Å². The molecular formula is C21H20F2N2O2. The Morgan fingerprint density at radius 1 is 1.07 bits per heavy atom. The van der Waals surface area contributed by atoms with Crippen molar-refractivity contribution in [3.8, 4) is 0 Å². The van der Waals surface area contributed by atoms with Gasteiger partial charge in [0, 0.05) is 37.5 Å². The molecule has 1 fully saturated rings. The highest BCUT2D eigenvalue weighted by atomic mass is 19.2. The number of benzene rings is 2. The van der Waals surface area contributed by atoms with Crippen LogP contribution in [0.4, 0.5) is 20.2 Å². The molecule has 27 heavy (non-hydrogen) atoms. The molecule has 0 spiro atoms. The number of halogens is 2. The molecule has 2 amide bonds. The molecule has 0 aromatic heterocycles. The summed E-state index contributed by atoms with van der Waals surface area (Å²) in [7, 11) is 1.51. The lowest BCUT2D eigenvalue weighted by Crippen LogP contribution is -2.34. The Hall–Kier alpha value is -2.76. The zero-order valence-electron chi connectivity index (χ0n) is 15.0. The number of amides is 2. The van der Waals surface area contributed by atoms with E-state index in [-0.39, 0.29) is 23.9 Å². The molecule has 2 aromatic rings. The van der Waals surface area contributed by atoms with Crippen molar-refractivity contribution in [1.29, 1.82) is 0 Å². The maximum Gasteiger partial charge on any atom is 0.232 e. The van der Waals surface area contributed by atoms with E-state index in [0.717, 1.165) is 37.1 Å². The van der Waals surface area contributed by atoms with Gasteiger partial charge in [0.15, 0.2) is 11.6 Å². The summed E-state index contributed by atoms with van der Waals surface area (Å²) in [6.07, 6.45) is 3.34. The van der Waals surface area contributed by atoms with Crippen molar-refractivity contribution in [3.63, 3.8) is 0 Å². The van der Waals surface area contributed by atoms with Crippen LogP contribution in [0.1, 0.15) is 24.0 Å². The summed E-state index contributed by atoms with van der Waals surface area (Å²) in [5.74, 6) is -2.85. The predicted molar refractivity (Wildman–Crippen MR) is 98.7 cm³/mol. The molecule has 1 aliphatic heterocycles. The molecule has 2 aliphatic rings. The molecule has 0 N–H and O–H groups in total. The van der Waals surface area contributed by atoms with Gasteiger partial charge < -0.3 is 9.80 Å². The Kier molecular flexibility index (Phi) is 4.42. The van der Waals surface area contributed by atoms with Crippen LogP contribution in [-0.2, 0) is 22.4 Å². The van der Waals surface area contributed by atoms with Gasteiger partial charge in [-0.25, -0.2) is 8.78 Å². The smallest absolute Gasteiger partial charge is 0.232 e. The lowest BCUT2D eigenvalue weighted by Gasteiger charge is -2.22. The summed E-state index contributed by atoms with van der Waals surface area (Å²) in [5, 5.41) is 0. The van der Waals surface area contributed by atoms with E-state index in [9.17, 15) is 18.4 Å². The Labute approximate surface area is 156 Å². The molecule has 140 valence electrons. The summed E-state index contributed by atoms with van der Waals surface area (Å²) < 4.78 is 26.6. The Balaban J connectivity index is 1.51. The zero-order valence-corrected chi connectivity index (χ0v) is 15.0. The van der Waals surface area contributed by atoms with Crippen molar-refractivity contribution in [2.45, 2.75) is 25.7 Å². The van der Waals surface area contributed by atoms with E-state index in [2.05, 4.69) is 6.07 Å². The first-order valence-corrected chi connectivity index (χ1v) is 9.09. The van der Waals surface area contributed by atoms with E-state index in [1.807, 2.05) is 12.1 Å². The van der Waals surface area contributed by atoms with Crippen molar-refractivity contribution in [3.05, 3.63) is 59.2 Å². The molecule has 1 saturated heterocycles. The summed E-state index contributed by atoms with van der Waals surface area (Å²) in [6.45, 7) is 0.296. The van der Waals surface area contributed by atoms with Crippen molar-refractivity contribution in [2.24, 2.45) is 5.92 Å². The highest BCUT2D eigenvalue weighted by molar-refractivity contribution is 6.04. The standard InChI is InChI=1S/C21H20F2N2O2/c1-24(16-7-8-18(22)19(23)11-16)21(27)15-10-20(26)25(12-15)17-6-5-13-3-2-4-14(13)9-17/h5-9,11,15H,2-4,10,12H2,1H3/t15-/m1/s1. The zero-order chi connectivity index (χ0) is 19.1. The van der Waals surface area contributed by atoms with Crippen LogP contribution in [0, 0.1) is 17.6 Å². The third kappa shape index (κ3) is 3.20. The molecule has 0 unspecified atom stereocenters. The van der Waals surface area contributed by atoms with Crippen LogP contribution < -0.4 is 9.80 Å². The van der Waals surface area contributed by atoms with Crippen LogP contribution in [0.5, 0.6) is 0 Å². The summed E-state index contributed by atoms with van der Waals surface area (Å²) in [4.78, 5) is 28.2. The van der Waals surface area contributed by atoms with Crippen molar-refractivity contribution < 1.29 is 18.4 Å². The van der Waals surface area contributed by atoms with E-state index in [4.69, 9.17) is 0 Å². The van der Waals surface area contributed by atoms with E-state index in [0.29, 0.717) is 6.54 Å².